The predicted octanol–water partition coefficient (Wildman–Crippen LogP) is 3.02. The average Bonchev–Trinajstić information content (AvgIpc) is 2.30. The first-order valence-corrected chi connectivity index (χ1v) is 6.52. The molecule has 0 aliphatic rings. The molecule has 96 valence electrons. The van der Waals surface area contributed by atoms with Crippen LogP contribution >= 0.6 is 0 Å². The lowest BCUT2D eigenvalue weighted by molar-refractivity contribution is -0.0144. The van der Waals surface area contributed by atoms with Crippen molar-refractivity contribution in [2.24, 2.45) is 0 Å². The van der Waals surface area contributed by atoms with E-state index in [1.165, 1.54) is 12.0 Å². The predicted molar refractivity (Wildman–Crippen MR) is 73.3 cm³/mol. The van der Waals surface area contributed by atoms with Gasteiger partial charge in [0.15, 0.2) is 0 Å². The molecule has 0 aromatic heterocycles. The zero-order chi connectivity index (χ0) is 12.6. The van der Waals surface area contributed by atoms with Gasteiger partial charge in [0.2, 0.25) is 0 Å². The second kappa shape index (κ2) is 7.46. The zero-order valence-corrected chi connectivity index (χ0v) is 11.3. The lowest BCUT2D eigenvalue weighted by Gasteiger charge is -2.25. The third kappa shape index (κ3) is 6.44. The summed E-state index contributed by atoms with van der Waals surface area (Å²) in [5.74, 6) is 0. The van der Waals surface area contributed by atoms with E-state index in [0.717, 1.165) is 26.1 Å². The first-order chi connectivity index (χ1) is 8.14. The van der Waals surface area contributed by atoms with Gasteiger partial charge in [0.25, 0.3) is 0 Å². The van der Waals surface area contributed by atoms with Gasteiger partial charge in [-0.1, -0.05) is 37.3 Å². The second-order valence-electron chi connectivity index (χ2n) is 5.02. The van der Waals surface area contributed by atoms with Crippen molar-refractivity contribution < 1.29 is 4.74 Å². The van der Waals surface area contributed by atoms with Gasteiger partial charge in [-0.05, 0) is 38.8 Å². The largest absolute Gasteiger partial charge is 0.374 e. The van der Waals surface area contributed by atoms with E-state index in [0.29, 0.717) is 0 Å². The first kappa shape index (κ1) is 14.2. The molecule has 0 bridgehead atoms. The van der Waals surface area contributed by atoms with Gasteiger partial charge in [0.05, 0.1) is 12.2 Å². The van der Waals surface area contributed by atoms with Gasteiger partial charge < -0.3 is 10.1 Å². The summed E-state index contributed by atoms with van der Waals surface area (Å²) in [7, 11) is 0. The molecule has 2 heteroatoms. The van der Waals surface area contributed by atoms with Crippen molar-refractivity contribution >= 4 is 0 Å². The van der Waals surface area contributed by atoms with Gasteiger partial charge >= 0.3 is 0 Å². The van der Waals surface area contributed by atoms with Gasteiger partial charge in [0, 0.05) is 6.54 Å². The Morgan fingerprint density at radius 2 is 1.88 bits per heavy atom. The highest BCUT2D eigenvalue weighted by atomic mass is 16.5. The Morgan fingerprint density at radius 1 is 1.18 bits per heavy atom. The molecule has 0 unspecified atom stereocenters. The minimum Gasteiger partial charge on any atom is -0.374 e. The van der Waals surface area contributed by atoms with Crippen molar-refractivity contribution in [3.63, 3.8) is 0 Å². The molecule has 0 fully saturated rings. The Kier molecular flexibility index (Phi) is 6.23. The van der Waals surface area contributed by atoms with Crippen molar-refractivity contribution in [1.82, 2.24) is 5.32 Å². The summed E-state index contributed by atoms with van der Waals surface area (Å²) in [6.07, 6.45) is 2.15. The van der Waals surface area contributed by atoms with Crippen molar-refractivity contribution in [3.05, 3.63) is 35.9 Å². The number of hydrogen-bond acceptors (Lipinski definition) is 2. The molecule has 0 spiro atoms. The summed E-state index contributed by atoms with van der Waals surface area (Å²) in [6, 6.07) is 10.5. The van der Waals surface area contributed by atoms with E-state index in [9.17, 15) is 0 Å². The molecule has 1 N–H and O–H groups in total. The molecule has 0 aliphatic carbocycles. The molecule has 0 saturated carbocycles. The minimum absolute atomic E-state index is 0.0794. The number of benzene rings is 1. The molecular formula is C15H25NO. The number of rotatable bonds is 8. The molecule has 0 saturated heterocycles. The highest BCUT2D eigenvalue weighted by molar-refractivity contribution is 5.14. The normalized spacial score (nSPS) is 11.7. The van der Waals surface area contributed by atoms with E-state index in [2.05, 4.69) is 50.4 Å². The van der Waals surface area contributed by atoms with Gasteiger partial charge in [-0.2, -0.15) is 0 Å². The molecule has 0 aliphatic heterocycles. The number of nitrogens with one attached hydrogen (secondary N) is 1. The van der Waals surface area contributed by atoms with Crippen LogP contribution in [0.4, 0.5) is 0 Å². The Balaban J connectivity index is 2.20. The molecule has 17 heavy (non-hydrogen) atoms. The topological polar surface area (TPSA) is 21.3 Å². The summed E-state index contributed by atoms with van der Waals surface area (Å²) in [5, 5.41) is 3.40. The summed E-state index contributed by atoms with van der Waals surface area (Å²) in [5.41, 5.74) is 1.26. The molecule has 1 aromatic carbocycles. The maximum atomic E-state index is 5.92. The SMILES string of the molecule is CCCNCC(C)(C)OCCc1ccccc1. The van der Waals surface area contributed by atoms with Crippen molar-refractivity contribution in [1.29, 1.82) is 0 Å². The minimum atomic E-state index is -0.0794. The van der Waals surface area contributed by atoms with Gasteiger partial charge in [-0.25, -0.2) is 0 Å². The molecule has 2 nitrogen and oxygen atoms in total. The Hall–Kier alpha value is -0.860. The standard InChI is InChI=1S/C15H25NO/c1-4-11-16-13-15(2,3)17-12-10-14-8-6-5-7-9-14/h5-9,16H,4,10-13H2,1-3H3. The quantitative estimate of drug-likeness (QED) is 0.699. The number of ether oxygens (including phenoxy) is 1. The summed E-state index contributed by atoms with van der Waals surface area (Å²) in [6.45, 7) is 9.21. The smallest absolute Gasteiger partial charge is 0.0750 e. The average molecular weight is 235 g/mol. The maximum absolute atomic E-state index is 5.92. The van der Waals surface area contributed by atoms with E-state index >= 15 is 0 Å². The number of hydrogen-bond donors (Lipinski definition) is 1. The van der Waals surface area contributed by atoms with E-state index in [-0.39, 0.29) is 5.60 Å². The summed E-state index contributed by atoms with van der Waals surface area (Å²) >= 11 is 0. The van der Waals surface area contributed by atoms with Crippen LogP contribution in [0.5, 0.6) is 0 Å². The third-order valence-electron chi connectivity index (χ3n) is 2.70. The maximum Gasteiger partial charge on any atom is 0.0750 e. The Labute approximate surface area is 105 Å². The first-order valence-electron chi connectivity index (χ1n) is 6.52. The van der Waals surface area contributed by atoms with Crippen molar-refractivity contribution in [2.45, 2.75) is 39.2 Å². The van der Waals surface area contributed by atoms with Crippen LogP contribution < -0.4 is 5.32 Å². The molecule has 0 radical (unpaired) electrons. The fourth-order valence-corrected chi connectivity index (χ4v) is 1.71. The fourth-order valence-electron chi connectivity index (χ4n) is 1.71. The Bertz CT molecular complexity index is 295. The monoisotopic (exact) mass is 235 g/mol. The molecular weight excluding hydrogens is 210 g/mol. The summed E-state index contributed by atoms with van der Waals surface area (Å²) < 4.78 is 5.92. The van der Waals surface area contributed by atoms with Crippen LogP contribution in [0, 0.1) is 0 Å². The molecule has 0 atom stereocenters. The van der Waals surface area contributed by atoms with Crippen LogP contribution in [0.25, 0.3) is 0 Å². The van der Waals surface area contributed by atoms with Crippen LogP contribution in [-0.2, 0) is 11.2 Å². The van der Waals surface area contributed by atoms with Crippen LogP contribution in [-0.4, -0.2) is 25.3 Å². The van der Waals surface area contributed by atoms with Crippen LogP contribution in [0.1, 0.15) is 32.8 Å². The molecule has 1 rings (SSSR count). The van der Waals surface area contributed by atoms with Gasteiger partial charge in [0.1, 0.15) is 0 Å². The molecule has 0 amide bonds. The second-order valence-corrected chi connectivity index (χ2v) is 5.02. The molecule has 1 aromatic rings. The lowest BCUT2D eigenvalue weighted by Crippen LogP contribution is -2.38. The third-order valence-corrected chi connectivity index (χ3v) is 2.70. The van der Waals surface area contributed by atoms with Crippen LogP contribution in [0.15, 0.2) is 30.3 Å². The van der Waals surface area contributed by atoms with E-state index in [1.54, 1.807) is 0 Å². The van der Waals surface area contributed by atoms with Gasteiger partial charge in [-0.3, -0.25) is 0 Å². The van der Waals surface area contributed by atoms with Crippen molar-refractivity contribution in [2.75, 3.05) is 19.7 Å². The lowest BCUT2D eigenvalue weighted by atomic mass is 10.1. The van der Waals surface area contributed by atoms with Crippen LogP contribution in [0.3, 0.4) is 0 Å². The van der Waals surface area contributed by atoms with Crippen LogP contribution in [0.2, 0.25) is 0 Å². The zero-order valence-electron chi connectivity index (χ0n) is 11.3. The highest BCUT2D eigenvalue weighted by Crippen LogP contribution is 2.09. The Morgan fingerprint density at radius 3 is 2.53 bits per heavy atom. The molecule has 0 heterocycles. The van der Waals surface area contributed by atoms with E-state index in [1.807, 2.05) is 6.07 Å². The summed E-state index contributed by atoms with van der Waals surface area (Å²) in [4.78, 5) is 0. The van der Waals surface area contributed by atoms with Gasteiger partial charge in [-0.15, -0.1) is 0 Å². The highest BCUT2D eigenvalue weighted by Gasteiger charge is 2.17. The van der Waals surface area contributed by atoms with Crippen molar-refractivity contribution in [3.8, 4) is 0 Å². The van der Waals surface area contributed by atoms with E-state index < -0.39 is 0 Å². The fraction of sp³-hybridized carbons (Fsp3) is 0.600. The van der Waals surface area contributed by atoms with E-state index in [4.69, 9.17) is 4.74 Å².